The Kier molecular flexibility index (Phi) is 6.07. The first-order valence-corrected chi connectivity index (χ1v) is 7.33. The van der Waals surface area contributed by atoms with Crippen LogP contribution in [0, 0.1) is 5.41 Å². The molecule has 0 radical (unpaired) electrons. The topological polar surface area (TPSA) is 44.5 Å². The first-order chi connectivity index (χ1) is 8.86. The molecule has 19 heavy (non-hydrogen) atoms. The molecule has 0 fully saturated rings. The molecule has 1 aromatic carbocycles. The summed E-state index contributed by atoms with van der Waals surface area (Å²) in [5.74, 6) is 1.61. The lowest BCUT2D eigenvalue weighted by molar-refractivity contribution is 0.286. The Morgan fingerprint density at radius 2 is 2.11 bits per heavy atom. The molecule has 0 bridgehead atoms. The fourth-order valence-corrected chi connectivity index (χ4v) is 2.12. The molecule has 0 unspecified atom stereocenters. The maximum atomic E-state index is 5.72. The van der Waals surface area contributed by atoms with Gasteiger partial charge in [-0.25, -0.2) is 0 Å². The molecule has 0 aromatic heterocycles. The first kappa shape index (κ1) is 16.2. The highest BCUT2D eigenvalue weighted by Crippen LogP contribution is 2.29. The molecule has 0 saturated carbocycles. The summed E-state index contributed by atoms with van der Waals surface area (Å²) in [6, 6.07) is 5.65. The summed E-state index contributed by atoms with van der Waals surface area (Å²) < 4.78 is 11.7. The minimum absolute atomic E-state index is 0.115. The largest absolute Gasteiger partial charge is 0.497 e. The van der Waals surface area contributed by atoms with Crippen molar-refractivity contribution in [3.05, 3.63) is 22.7 Å². The summed E-state index contributed by atoms with van der Waals surface area (Å²) in [7, 11) is 1.64. The molecular weight excluding hydrogens is 326 g/mol. The number of hydrogen-bond acceptors (Lipinski definition) is 3. The number of ether oxygens (including phenoxy) is 2. The van der Waals surface area contributed by atoms with Gasteiger partial charge in [0.25, 0.3) is 0 Å². The normalized spacial score (nSPS) is 11.2. The third-order valence-electron chi connectivity index (χ3n) is 3.01. The van der Waals surface area contributed by atoms with Crippen molar-refractivity contribution < 1.29 is 9.47 Å². The number of nitrogens with two attached hydrogens (primary N) is 1. The van der Waals surface area contributed by atoms with Crippen LogP contribution in [0.4, 0.5) is 0 Å². The standard InChI is InChI=1S/C14H20BrNO2S/c1-14(2,13(16)19)7-4-8-18-12-6-5-10(17-3)9-11(12)15/h5-6,9H,4,7-8H2,1-3H3,(H2,16,19). The lowest BCUT2D eigenvalue weighted by Gasteiger charge is -2.22. The van der Waals surface area contributed by atoms with Gasteiger partial charge in [0, 0.05) is 5.41 Å². The molecule has 0 spiro atoms. The Balaban J connectivity index is 2.44. The number of rotatable bonds is 7. The number of hydrogen-bond donors (Lipinski definition) is 1. The van der Waals surface area contributed by atoms with Gasteiger partial charge in [0.1, 0.15) is 11.5 Å². The van der Waals surface area contributed by atoms with E-state index in [-0.39, 0.29) is 5.41 Å². The van der Waals surface area contributed by atoms with Crippen LogP contribution in [0.5, 0.6) is 11.5 Å². The van der Waals surface area contributed by atoms with E-state index in [1.165, 1.54) is 0 Å². The van der Waals surface area contributed by atoms with Crippen molar-refractivity contribution in [3.8, 4) is 11.5 Å². The Morgan fingerprint density at radius 1 is 1.42 bits per heavy atom. The van der Waals surface area contributed by atoms with Gasteiger partial charge in [-0.1, -0.05) is 26.1 Å². The second-order valence-corrected chi connectivity index (χ2v) is 6.29. The predicted octanol–water partition coefficient (Wildman–Crippen LogP) is 3.93. The molecule has 5 heteroatoms. The summed E-state index contributed by atoms with van der Waals surface area (Å²) in [6.45, 7) is 4.74. The van der Waals surface area contributed by atoms with E-state index in [2.05, 4.69) is 29.8 Å². The second kappa shape index (κ2) is 7.10. The molecule has 0 heterocycles. The summed E-state index contributed by atoms with van der Waals surface area (Å²) in [6.07, 6.45) is 1.82. The van der Waals surface area contributed by atoms with Gasteiger partial charge in [-0.15, -0.1) is 0 Å². The Labute approximate surface area is 128 Å². The van der Waals surface area contributed by atoms with E-state index in [9.17, 15) is 0 Å². The van der Waals surface area contributed by atoms with Gasteiger partial charge in [0.2, 0.25) is 0 Å². The average Bonchev–Trinajstić information content (AvgIpc) is 2.35. The number of methoxy groups -OCH3 is 1. The Morgan fingerprint density at radius 3 is 2.63 bits per heavy atom. The quantitative estimate of drug-likeness (QED) is 0.600. The molecule has 0 aliphatic heterocycles. The summed E-state index contributed by atoms with van der Waals surface area (Å²) in [4.78, 5) is 0.554. The smallest absolute Gasteiger partial charge is 0.133 e. The number of halogens is 1. The maximum absolute atomic E-state index is 5.72. The number of thiocarbonyl (C=S) groups is 1. The molecule has 2 N–H and O–H groups in total. The van der Waals surface area contributed by atoms with E-state index in [0.717, 1.165) is 28.8 Å². The van der Waals surface area contributed by atoms with Crippen molar-refractivity contribution in [3.63, 3.8) is 0 Å². The van der Waals surface area contributed by atoms with Crippen LogP contribution in [-0.2, 0) is 0 Å². The zero-order valence-electron chi connectivity index (χ0n) is 11.5. The van der Waals surface area contributed by atoms with Crippen molar-refractivity contribution in [2.75, 3.05) is 13.7 Å². The highest BCUT2D eigenvalue weighted by atomic mass is 79.9. The van der Waals surface area contributed by atoms with Crippen LogP contribution >= 0.6 is 28.1 Å². The third-order valence-corrected chi connectivity index (χ3v) is 4.18. The fourth-order valence-electron chi connectivity index (χ4n) is 1.55. The lowest BCUT2D eigenvalue weighted by atomic mass is 9.88. The molecule has 0 saturated heterocycles. The summed E-state index contributed by atoms with van der Waals surface area (Å²) in [5.41, 5.74) is 5.57. The van der Waals surface area contributed by atoms with Gasteiger partial charge in [-0.2, -0.15) is 0 Å². The van der Waals surface area contributed by atoms with Crippen molar-refractivity contribution in [1.82, 2.24) is 0 Å². The van der Waals surface area contributed by atoms with Gasteiger partial charge in [-0.05, 0) is 47.0 Å². The molecule has 3 nitrogen and oxygen atoms in total. The van der Waals surface area contributed by atoms with Crippen molar-refractivity contribution in [1.29, 1.82) is 0 Å². The van der Waals surface area contributed by atoms with E-state index in [1.807, 2.05) is 18.2 Å². The monoisotopic (exact) mass is 345 g/mol. The first-order valence-electron chi connectivity index (χ1n) is 6.13. The zero-order valence-corrected chi connectivity index (χ0v) is 13.9. The average molecular weight is 346 g/mol. The molecule has 0 aliphatic rings. The minimum atomic E-state index is -0.115. The second-order valence-electron chi connectivity index (χ2n) is 5.00. The third kappa shape index (κ3) is 4.99. The molecule has 0 amide bonds. The van der Waals surface area contributed by atoms with Gasteiger partial charge >= 0.3 is 0 Å². The van der Waals surface area contributed by atoms with Crippen LogP contribution in [0.25, 0.3) is 0 Å². The van der Waals surface area contributed by atoms with E-state index >= 15 is 0 Å². The summed E-state index contributed by atoms with van der Waals surface area (Å²) in [5, 5.41) is 0. The Hall–Kier alpha value is -0.810. The van der Waals surface area contributed by atoms with Crippen LogP contribution in [0.15, 0.2) is 22.7 Å². The minimum Gasteiger partial charge on any atom is -0.497 e. The molecule has 0 atom stereocenters. The van der Waals surface area contributed by atoms with Crippen molar-refractivity contribution >= 4 is 33.1 Å². The van der Waals surface area contributed by atoms with E-state index in [4.69, 9.17) is 27.4 Å². The molecule has 0 aliphatic carbocycles. The van der Waals surface area contributed by atoms with Crippen LogP contribution in [0.2, 0.25) is 0 Å². The summed E-state index contributed by atoms with van der Waals surface area (Å²) >= 11 is 8.50. The van der Waals surface area contributed by atoms with Crippen LogP contribution in [-0.4, -0.2) is 18.7 Å². The maximum Gasteiger partial charge on any atom is 0.133 e. The molecular formula is C14H20BrNO2S. The number of benzene rings is 1. The Bertz CT molecular complexity index is 449. The molecule has 106 valence electrons. The fraction of sp³-hybridized carbons (Fsp3) is 0.500. The van der Waals surface area contributed by atoms with Crippen LogP contribution < -0.4 is 15.2 Å². The van der Waals surface area contributed by atoms with Gasteiger partial charge < -0.3 is 15.2 Å². The molecule has 1 aromatic rings. The molecule has 1 rings (SSSR count). The van der Waals surface area contributed by atoms with Gasteiger partial charge in [-0.3, -0.25) is 0 Å². The van der Waals surface area contributed by atoms with Crippen LogP contribution in [0.3, 0.4) is 0 Å². The zero-order chi connectivity index (χ0) is 14.5. The highest BCUT2D eigenvalue weighted by Gasteiger charge is 2.20. The van der Waals surface area contributed by atoms with Crippen molar-refractivity contribution in [2.24, 2.45) is 11.1 Å². The van der Waals surface area contributed by atoms with Gasteiger partial charge in [0.15, 0.2) is 0 Å². The van der Waals surface area contributed by atoms with Crippen molar-refractivity contribution in [2.45, 2.75) is 26.7 Å². The van der Waals surface area contributed by atoms with Crippen LogP contribution in [0.1, 0.15) is 26.7 Å². The predicted molar refractivity (Wildman–Crippen MR) is 86.0 cm³/mol. The lowest BCUT2D eigenvalue weighted by Crippen LogP contribution is -2.30. The van der Waals surface area contributed by atoms with Gasteiger partial charge in [0.05, 0.1) is 23.2 Å². The van der Waals surface area contributed by atoms with E-state index < -0.39 is 0 Å². The highest BCUT2D eigenvalue weighted by molar-refractivity contribution is 9.10. The van der Waals surface area contributed by atoms with E-state index in [0.29, 0.717) is 11.6 Å². The van der Waals surface area contributed by atoms with E-state index in [1.54, 1.807) is 7.11 Å². The SMILES string of the molecule is COc1ccc(OCCCC(C)(C)C(N)=S)c(Br)c1.